The van der Waals surface area contributed by atoms with Crippen molar-refractivity contribution in [1.82, 2.24) is 35.7 Å². The number of carbonyl (C=O) groups excluding carboxylic acids is 6. The third-order valence-electron chi connectivity index (χ3n) is 7.90. The molecule has 1 aliphatic rings. The molecule has 0 aliphatic carbocycles. The van der Waals surface area contributed by atoms with Crippen LogP contribution in [0.2, 0.25) is 0 Å². The zero-order valence-electron chi connectivity index (χ0n) is 28.7. The molecule has 2 rings (SSSR count). The van der Waals surface area contributed by atoms with E-state index in [9.17, 15) is 43.2 Å². The van der Waals surface area contributed by atoms with Gasteiger partial charge in [-0.1, -0.05) is 13.8 Å². The SMILES string of the molecule is CC(=O)N1CCC[C@H]1C(=O)N[C@@H](CC(C)C)C(=O)N[C@@H](Cc1cncn1CCC(=O)O)C(=O)N[C@@H](CO)C(=O)N[C@H](C(N)=O)[C@@H](C)OP(=O)(O)O. The highest BCUT2D eigenvalue weighted by atomic mass is 31.2. The number of nitrogens with one attached hydrogen (secondary N) is 4. The van der Waals surface area contributed by atoms with Crippen molar-refractivity contribution in [1.29, 1.82) is 0 Å². The number of nitrogens with two attached hydrogens (primary N) is 1. The molecule has 1 aromatic rings. The minimum atomic E-state index is -5.12. The van der Waals surface area contributed by atoms with Crippen LogP contribution in [0.1, 0.15) is 59.1 Å². The number of aromatic nitrogens is 2. The van der Waals surface area contributed by atoms with Crippen LogP contribution in [0.4, 0.5) is 0 Å². The van der Waals surface area contributed by atoms with Crippen LogP contribution in [0.3, 0.4) is 0 Å². The Morgan fingerprint density at radius 1 is 1.00 bits per heavy atom. The van der Waals surface area contributed by atoms with Gasteiger partial charge in [0.2, 0.25) is 35.4 Å². The number of hydrogen-bond acceptors (Lipinski definition) is 11. The van der Waals surface area contributed by atoms with Gasteiger partial charge in [0.15, 0.2) is 0 Å². The van der Waals surface area contributed by atoms with Crippen molar-refractivity contribution in [3.63, 3.8) is 0 Å². The summed E-state index contributed by atoms with van der Waals surface area (Å²) >= 11 is 0. The molecule has 6 amide bonds. The van der Waals surface area contributed by atoms with Gasteiger partial charge in [-0.05, 0) is 32.1 Å². The molecular weight excluding hydrogens is 699 g/mol. The predicted molar refractivity (Wildman–Crippen MR) is 175 cm³/mol. The predicted octanol–water partition coefficient (Wildman–Crippen LogP) is -3.13. The first-order valence-corrected chi connectivity index (χ1v) is 17.6. The molecule has 0 saturated carbocycles. The average Bonchev–Trinajstić information content (AvgIpc) is 3.69. The smallest absolute Gasteiger partial charge is 0.469 e. The topological polar surface area (TPSA) is 322 Å². The van der Waals surface area contributed by atoms with Crippen molar-refractivity contribution in [3.05, 3.63) is 18.2 Å². The molecule has 0 spiro atoms. The van der Waals surface area contributed by atoms with Gasteiger partial charge in [0, 0.05) is 38.3 Å². The largest absolute Gasteiger partial charge is 0.481 e. The molecule has 1 fully saturated rings. The number of carboxylic acid groups (broad SMARTS) is 1. The molecule has 1 aliphatic heterocycles. The molecule has 10 N–H and O–H groups in total. The van der Waals surface area contributed by atoms with E-state index in [4.69, 9.17) is 20.6 Å². The van der Waals surface area contributed by atoms with Gasteiger partial charge < -0.3 is 56.5 Å². The van der Waals surface area contributed by atoms with E-state index < -0.39 is 86.2 Å². The minimum absolute atomic E-state index is 0.0436. The van der Waals surface area contributed by atoms with Crippen molar-refractivity contribution in [3.8, 4) is 0 Å². The molecule has 0 radical (unpaired) electrons. The average molecular weight is 747 g/mol. The summed E-state index contributed by atoms with van der Waals surface area (Å²) < 4.78 is 17.1. The fourth-order valence-corrected chi connectivity index (χ4v) is 5.99. The maximum atomic E-state index is 13.7. The number of aliphatic hydroxyl groups is 1. The standard InChI is InChI=1S/C29H47N8O13P/c1-15(2)10-19(33-29(46)22-6-5-8-37(22)17(4)39)26(43)32-20(11-18-12-31-14-36(18)9-7-23(40)41)27(44)34-21(13-38)28(45)35-24(25(30)42)16(3)50-51(47,48)49/h12,14-16,19-22,24,38H,5-11,13H2,1-4H3,(H2,30,42)(H,32,43)(H,33,46)(H,34,44)(H,35,45)(H,40,41)(H2,47,48,49)/t16-,19+,20+,21+,22+,24+/m1/s1. The van der Waals surface area contributed by atoms with Crippen LogP contribution in [-0.2, 0) is 55.6 Å². The number of likely N-dealkylation sites (tertiary alicyclic amines) is 1. The monoisotopic (exact) mass is 746 g/mol. The van der Waals surface area contributed by atoms with Crippen molar-refractivity contribution in [2.75, 3.05) is 13.2 Å². The van der Waals surface area contributed by atoms with Crippen LogP contribution >= 0.6 is 7.82 Å². The third-order valence-corrected chi connectivity index (χ3v) is 8.51. The van der Waals surface area contributed by atoms with Crippen molar-refractivity contribution >= 4 is 49.2 Å². The normalized spacial score (nSPS) is 17.5. The lowest BCUT2D eigenvalue weighted by Gasteiger charge is -2.28. The van der Waals surface area contributed by atoms with Crippen LogP contribution in [-0.4, -0.2) is 125 Å². The summed E-state index contributed by atoms with van der Waals surface area (Å²) in [6.07, 6.45) is 1.50. The van der Waals surface area contributed by atoms with Crippen LogP contribution in [0.25, 0.3) is 0 Å². The molecule has 0 unspecified atom stereocenters. The Morgan fingerprint density at radius 3 is 2.16 bits per heavy atom. The third kappa shape index (κ3) is 13.7. The maximum absolute atomic E-state index is 13.7. The second-order valence-corrected chi connectivity index (χ2v) is 13.7. The second kappa shape index (κ2) is 19.3. The van der Waals surface area contributed by atoms with Crippen LogP contribution in [0.15, 0.2) is 12.5 Å². The first-order valence-electron chi connectivity index (χ1n) is 16.1. The van der Waals surface area contributed by atoms with E-state index in [-0.39, 0.29) is 37.6 Å². The summed E-state index contributed by atoms with van der Waals surface area (Å²) in [5.74, 6) is -6.40. The molecule has 0 bridgehead atoms. The van der Waals surface area contributed by atoms with Gasteiger partial charge in [0.1, 0.15) is 30.2 Å². The molecule has 1 saturated heterocycles. The zero-order valence-corrected chi connectivity index (χ0v) is 29.6. The van der Waals surface area contributed by atoms with E-state index in [1.807, 2.05) is 0 Å². The van der Waals surface area contributed by atoms with E-state index in [2.05, 4.69) is 30.8 Å². The second-order valence-electron chi connectivity index (χ2n) is 12.5. The van der Waals surface area contributed by atoms with Gasteiger partial charge in [-0.15, -0.1) is 0 Å². The van der Waals surface area contributed by atoms with Crippen LogP contribution < -0.4 is 27.0 Å². The van der Waals surface area contributed by atoms with Crippen molar-refractivity contribution in [2.45, 2.75) is 103 Å². The van der Waals surface area contributed by atoms with E-state index in [0.29, 0.717) is 25.1 Å². The summed E-state index contributed by atoms with van der Waals surface area (Å²) in [6, 6.07) is -7.09. The highest BCUT2D eigenvalue weighted by molar-refractivity contribution is 7.46. The fourth-order valence-electron chi connectivity index (χ4n) is 5.43. The Kier molecular flexibility index (Phi) is 16.1. The van der Waals surface area contributed by atoms with Gasteiger partial charge in [0.05, 0.1) is 25.5 Å². The van der Waals surface area contributed by atoms with Gasteiger partial charge in [-0.25, -0.2) is 9.55 Å². The highest BCUT2D eigenvalue weighted by Gasteiger charge is 2.37. The number of nitrogens with zero attached hydrogens (tertiary/aromatic N) is 3. The van der Waals surface area contributed by atoms with E-state index in [1.165, 1.54) is 28.9 Å². The van der Waals surface area contributed by atoms with Crippen LogP contribution in [0, 0.1) is 5.92 Å². The number of rotatable bonds is 20. The molecule has 51 heavy (non-hydrogen) atoms. The van der Waals surface area contributed by atoms with Gasteiger partial charge in [0.25, 0.3) is 0 Å². The summed E-state index contributed by atoms with van der Waals surface area (Å²) in [6.45, 7) is 5.25. The number of primary amides is 1. The number of hydrogen-bond donors (Lipinski definition) is 9. The number of phosphoric acid groups is 1. The van der Waals surface area contributed by atoms with Crippen molar-refractivity contribution in [2.24, 2.45) is 11.7 Å². The number of aryl methyl sites for hydroxylation is 1. The Bertz CT molecular complexity index is 1480. The molecule has 6 atom stereocenters. The number of phosphoric ester groups is 1. The summed E-state index contributed by atoms with van der Waals surface area (Å²) in [5.41, 5.74) is 5.56. The lowest BCUT2D eigenvalue weighted by molar-refractivity contribution is -0.139. The molecule has 22 heteroatoms. The number of aliphatic hydroxyl groups excluding tert-OH is 1. The molecule has 1 aromatic heterocycles. The number of amides is 6. The van der Waals surface area contributed by atoms with Crippen LogP contribution in [0.5, 0.6) is 0 Å². The molecule has 286 valence electrons. The minimum Gasteiger partial charge on any atom is -0.481 e. The Labute approximate surface area is 293 Å². The van der Waals surface area contributed by atoms with Gasteiger partial charge in [-0.3, -0.25) is 38.1 Å². The van der Waals surface area contributed by atoms with E-state index >= 15 is 0 Å². The van der Waals surface area contributed by atoms with E-state index in [1.54, 1.807) is 13.8 Å². The number of carbonyl (C=O) groups is 7. The molecule has 0 aromatic carbocycles. The number of carboxylic acids is 1. The first kappa shape index (κ1) is 42.7. The van der Waals surface area contributed by atoms with E-state index in [0.717, 1.165) is 6.92 Å². The number of imidazole rings is 1. The summed E-state index contributed by atoms with van der Waals surface area (Å²) in [4.78, 5) is 112. The quantitative estimate of drug-likeness (QED) is 0.0596. The lowest BCUT2D eigenvalue weighted by Crippen LogP contribution is -2.61. The Morgan fingerprint density at radius 2 is 1.61 bits per heavy atom. The molecule has 2 heterocycles. The zero-order chi connectivity index (χ0) is 38.6. The van der Waals surface area contributed by atoms with Gasteiger partial charge in [-0.2, -0.15) is 0 Å². The summed E-state index contributed by atoms with van der Waals surface area (Å²) in [7, 11) is -5.12. The lowest BCUT2D eigenvalue weighted by atomic mass is 10.0. The Balaban J connectivity index is 2.36. The Hall–Kier alpha value is -4.43. The fraction of sp³-hybridized carbons (Fsp3) is 0.655. The molecule has 21 nitrogen and oxygen atoms in total. The number of aliphatic carboxylic acids is 1. The molecular formula is C29H47N8O13P. The summed E-state index contributed by atoms with van der Waals surface area (Å²) in [5, 5.41) is 28.7. The maximum Gasteiger partial charge on any atom is 0.469 e. The highest BCUT2D eigenvalue weighted by Crippen LogP contribution is 2.38. The van der Waals surface area contributed by atoms with Gasteiger partial charge >= 0.3 is 13.8 Å². The van der Waals surface area contributed by atoms with Crippen molar-refractivity contribution < 1.29 is 62.7 Å². The first-order chi connectivity index (χ1) is 23.7.